The van der Waals surface area contributed by atoms with Gasteiger partial charge in [-0.2, -0.15) is 11.8 Å². The van der Waals surface area contributed by atoms with Gasteiger partial charge in [-0.15, -0.1) is 0 Å². The fraction of sp³-hybridized carbons (Fsp3) is 0.222. The number of hydrogen-bond acceptors (Lipinski definition) is 3. The van der Waals surface area contributed by atoms with E-state index in [4.69, 9.17) is 0 Å². The number of amides is 2. The van der Waals surface area contributed by atoms with E-state index in [2.05, 4.69) is 31.2 Å². The molecular formula is C18H17NO2S. The summed E-state index contributed by atoms with van der Waals surface area (Å²) in [7, 11) is 0. The first-order valence-electron chi connectivity index (χ1n) is 7.25. The van der Waals surface area contributed by atoms with Crippen molar-refractivity contribution in [1.29, 1.82) is 0 Å². The lowest BCUT2D eigenvalue weighted by Crippen LogP contribution is -2.31. The molecule has 0 saturated carbocycles. The second-order valence-corrected chi connectivity index (χ2v) is 6.45. The van der Waals surface area contributed by atoms with Gasteiger partial charge in [0.2, 0.25) is 0 Å². The minimum Gasteiger partial charge on any atom is -0.274 e. The van der Waals surface area contributed by atoms with Crippen molar-refractivity contribution < 1.29 is 9.59 Å². The highest BCUT2D eigenvalue weighted by Crippen LogP contribution is 2.23. The Balaban J connectivity index is 1.54. The normalized spacial score (nSPS) is 13.6. The van der Waals surface area contributed by atoms with Crippen LogP contribution in [0.4, 0.5) is 0 Å². The quantitative estimate of drug-likeness (QED) is 0.626. The molecule has 3 nitrogen and oxygen atoms in total. The van der Waals surface area contributed by atoms with E-state index in [-0.39, 0.29) is 11.8 Å². The smallest absolute Gasteiger partial charge is 0.261 e. The Kier molecular flexibility index (Phi) is 4.29. The Labute approximate surface area is 134 Å². The van der Waals surface area contributed by atoms with Gasteiger partial charge in [-0.25, -0.2) is 0 Å². The summed E-state index contributed by atoms with van der Waals surface area (Å²) < 4.78 is 0. The number of thioether (sulfide) groups is 1. The molecule has 2 aromatic rings. The van der Waals surface area contributed by atoms with Crippen molar-refractivity contribution in [2.75, 3.05) is 12.3 Å². The number of carbonyl (C=O) groups excluding carboxylic acids is 2. The first-order chi connectivity index (χ1) is 10.7. The Morgan fingerprint density at radius 3 is 2.09 bits per heavy atom. The summed E-state index contributed by atoms with van der Waals surface area (Å²) in [6.07, 6.45) is 0. The highest BCUT2D eigenvalue weighted by Gasteiger charge is 2.34. The second kappa shape index (κ2) is 6.36. The predicted molar refractivity (Wildman–Crippen MR) is 89.2 cm³/mol. The maximum Gasteiger partial charge on any atom is 0.261 e. The molecule has 0 atom stereocenters. The van der Waals surface area contributed by atoms with Gasteiger partial charge in [0.1, 0.15) is 0 Å². The molecule has 0 fully saturated rings. The van der Waals surface area contributed by atoms with Gasteiger partial charge in [0.05, 0.1) is 11.1 Å². The third-order valence-corrected chi connectivity index (χ3v) is 4.74. The van der Waals surface area contributed by atoms with E-state index < -0.39 is 0 Å². The van der Waals surface area contributed by atoms with Crippen LogP contribution in [-0.2, 0) is 5.75 Å². The van der Waals surface area contributed by atoms with Gasteiger partial charge in [-0.3, -0.25) is 14.5 Å². The maximum absolute atomic E-state index is 12.2. The zero-order valence-electron chi connectivity index (χ0n) is 12.4. The highest BCUT2D eigenvalue weighted by molar-refractivity contribution is 7.98. The average Bonchev–Trinajstić information content (AvgIpc) is 2.78. The summed E-state index contributed by atoms with van der Waals surface area (Å²) in [6, 6.07) is 15.4. The molecule has 2 amide bonds. The van der Waals surface area contributed by atoms with E-state index in [1.807, 2.05) is 0 Å². The van der Waals surface area contributed by atoms with Gasteiger partial charge >= 0.3 is 0 Å². The first-order valence-corrected chi connectivity index (χ1v) is 8.41. The second-order valence-electron chi connectivity index (χ2n) is 5.35. The lowest BCUT2D eigenvalue weighted by molar-refractivity contribution is 0.0664. The average molecular weight is 311 g/mol. The summed E-state index contributed by atoms with van der Waals surface area (Å²) in [5.74, 6) is 1.30. The molecule has 0 unspecified atom stereocenters. The third kappa shape index (κ3) is 2.92. The number of aryl methyl sites for hydroxylation is 1. The number of carbonyl (C=O) groups is 2. The molecule has 1 aliphatic rings. The molecule has 0 aromatic heterocycles. The molecule has 2 aromatic carbocycles. The molecule has 0 bridgehead atoms. The van der Waals surface area contributed by atoms with Crippen LogP contribution in [0.1, 0.15) is 31.8 Å². The standard InChI is InChI=1S/C18H17NO2S/c1-13-6-8-14(9-7-13)12-22-11-10-19-17(20)15-4-2-3-5-16(15)18(19)21/h2-9H,10-12H2,1H3. The number of fused-ring (bicyclic) bond motifs is 1. The molecular weight excluding hydrogens is 294 g/mol. The van der Waals surface area contributed by atoms with E-state index in [0.717, 1.165) is 11.5 Å². The van der Waals surface area contributed by atoms with Crippen molar-refractivity contribution in [1.82, 2.24) is 4.90 Å². The highest BCUT2D eigenvalue weighted by atomic mass is 32.2. The molecule has 0 spiro atoms. The Morgan fingerprint density at radius 2 is 1.50 bits per heavy atom. The minimum absolute atomic E-state index is 0.170. The van der Waals surface area contributed by atoms with Gasteiger partial charge < -0.3 is 0 Å². The summed E-state index contributed by atoms with van der Waals surface area (Å²) in [5, 5.41) is 0. The zero-order chi connectivity index (χ0) is 15.5. The van der Waals surface area contributed by atoms with Gasteiger partial charge in [-0.05, 0) is 24.6 Å². The van der Waals surface area contributed by atoms with Crippen molar-refractivity contribution in [3.8, 4) is 0 Å². The molecule has 0 radical (unpaired) electrons. The van der Waals surface area contributed by atoms with E-state index in [1.165, 1.54) is 16.0 Å². The molecule has 1 aliphatic heterocycles. The zero-order valence-corrected chi connectivity index (χ0v) is 13.2. The van der Waals surface area contributed by atoms with Crippen molar-refractivity contribution in [2.24, 2.45) is 0 Å². The van der Waals surface area contributed by atoms with E-state index in [9.17, 15) is 9.59 Å². The Bertz CT molecular complexity index is 674. The van der Waals surface area contributed by atoms with E-state index >= 15 is 0 Å². The van der Waals surface area contributed by atoms with Crippen LogP contribution in [0.3, 0.4) is 0 Å². The fourth-order valence-corrected chi connectivity index (χ4v) is 3.36. The van der Waals surface area contributed by atoms with Gasteiger partial charge in [-0.1, -0.05) is 42.0 Å². The summed E-state index contributed by atoms with van der Waals surface area (Å²) in [5.41, 5.74) is 3.56. The molecule has 112 valence electrons. The van der Waals surface area contributed by atoms with Crippen molar-refractivity contribution in [2.45, 2.75) is 12.7 Å². The molecule has 3 rings (SSSR count). The van der Waals surface area contributed by atoms with Crippen molar-refractivity contribution in [3.05, 3.63) is 70.8 Å². The largest absolute Gasteiger partial charge is 0.274 e. The number of rotatable bonds is 5. The number of benzene rings is 2. The fourth-order valence-electron chi connectivity index (χ4n) is 2.47. The van der Waals surface area contributed by atoms with Gasteiger partial charge in [0.15, 0.2) is 0 Å². The SMILES string of the molecule is Cc1ccc(CSCCN2C(=O)c3ccccc3C2=O)cc1. The molecule has 22 heavy (non-hydrogen) atoms. The number of imide groups is 1. The molecule has 0 aliphatic carbocycles. The van der Waals surface area contributed by atoms with Crippen LogP contribution in [0.5, 0.6) is 0 Å². The predicted octanol–water partition coefficient (Wildman–Crippen LogP) is 3.52. The van der Waals surface area contributed by atoms with Gasteiger partial charge in [0, 0.05) is 18.1 Å². The summed E-state index contributed by atoms with van der Waals surface area (Å²) in [4.78, 5) is 25.8. The van der Waals surface area contributed by atoms with Crippen LogP contribution < -0.4 is 0 Å². The van der Waals surface area contributed by atoms with Crippen LogP contribution in [-0.4, -0.2) is 29.0 Å². The topological polar surface area (TPSA) is 37.4 Å². The minimum atomic E-state index is -0.170. The van der Waals surface area contributed by atoms with Crippen LogP contribution >= 0.6 is 11.8 Å². The van der Waals surface area contributed by atoms with Crippen molar-refractivity contribution in [3.63, 3.8) is 0 Å². The van der Waals surface area contributed by atoms with Crippen molar-refractivity contribution >= 4 is 23.6 Å². The Morgan fingerprint density at radius 1 is 0.909 bits per heavy atom. The van der Waals surface area contributed by atoms with Crippen LogP contribution in [0.25, 0.3) is 0 Å². The molecule has 1 heterocycles. The molecule has 4 heteroatoms. The van der Waals surface area contributed by atoms with Crippen LogP contribution in [0.2, 0.25) is 0 Å². The van der Waals surface area contributed by atoms with E-state index in [1.54, 1.807) is 36.0 Å². The van der Waals surface area contributed by atoms with E-state index in [0.29, 0.717) is 17.7 Å². The molecule has 0 saturated heterocycles. The first kappa shape index (κ1) is 14.9. The summed E-state index contributed by atoms with van der Waals surface area (Å²) >= 11 is 1.74. The summed E-state index contributed by atoms with van der Waals surface area (Å²) in [6.45, 7) is 2.53. The Hall–Kier alpha value is -2.07. The number of nitrogens with zero attached hydrogens (tertiary/aromatic N) is 1. The lowest BCUT2D eigenvalue weighted by atomic mass is 10.1. The monoisotopic (exact) mass is 311 g/mol. The van der Waals surface area contributed by atoms with Crippen LogP contribution in [0.15, 0.2) is 48.5 Å². The number of hydrogen-bond donors (Lipinski definition) is 0. The lowest BCUT2D eigenvalue weighted by Gasteiger charge is -2.13. The third-order valence-electron chi connectivity index (χ3n) is 3.73. The van der Waals surface area contributed by atoms with Gasteiger partial charge in [0.25, 0.3) is 11.8 Å². The molecule has 0 N–H and O–H groups in total. The van der Waals surface area contributed by atoms with Crippen LogP contribution in [0, 0.1) is 6.92 Å². The maximum atomic E-state index is 12.2.